The van der Waals surface area contributed by atoms with Gasteiger partial charge in [-0.25, -0.2) is 0 Å². The Labute approximate surface area is 175 Å². The van der Waals surface area contributed by atoms with Gasteiger partial charge in [0, 0.05) is 24.6 Å². The van der Waals surface area contributed by atoms with Gasteiger partial charge in [-0.05, 0) is 0 Å². The van der Waals surface area contributed by atoms with Crippen LogP contribution in [0, 0.1) is 0 Å². The van der Waals surface area contributed by atoms with Gasteiger partial charge in [-0.1, -0.05) is 58.3 Å². The van der Waals surface area contributed by atoms with Gasteiger partial charge in [-0.3, -0.25) is 18.7 Å². The van der Waals surface area contributed by atoms with Crippen LogP contribution in [0.15, 0.2) is 19.9 Å². The zero-order valence-electron chi connectivity index (χ0n) is 13.4. The summed E-state index contributed by atoms with van der Waals surface area (Å²) >= 11 is 20.9. The molecule has 0 unspecified atom stereocenters. The quantitative estimate of drug-likeness (QED) is 0.507. The summed E-state index contributed by atoms with van der Waals surface area (Å²) in [6.45, 7) is 0.742. The minimum atomic E-state index is -2.22. The Kier molecular flexibility index (Phi) is 4.83. The van der Waals surface area contributed by atoms with Crippen molar-refractivity contribution < 1.29 is 10.2 Å². The maximum absolute atomic E-state index is 13.0. The SMILES string of the molecule is O=c1c(C(c2c(O)nc3n(c2=O)CCS3)C(Cl)(Cl)Cl)c(O)nc2n1CCS2. The number of aromatic nitrogens is 4. The number of hydrogen-bond acceptors (Lipinski definition) is 8. The summed E-state index contributed by atoms with van der Waals surface area (Å²) in [6.07, 6.45) is 0. The van der Waals surface area contributed by atoms with E-state index in [4.69, 9.17) is 34.8 Å². The zero-order chi connectivity index (χ0) is 19.5. The van der Waals surface area contributed by atoms with Crippen molar-refractivity contribution in [3.63, 3.8) is 0 Å². The topological polar surface area (TPSA) is 110 Å². The Hall–Kier alpha value is -1.07. The van der Waals surface area contributed by atoms with Crippen LogP contribution in [0.1, 0.15) is 17.0 Å². The lowest BCUT2D eigenvalue weighted by atomic mass is 9.95. The highest BCUT2D eigenvalue weighted by atomic mass is 35.6. The third-order valence-electron chi connectivity index (χ3n) is 4.29. The number of nitrogens with zero attached hydrogens (tertiary/aromatic N) is 4. The van der Waals surface area contributed by atoms with E-state index in [-0.39, 0.29) is 11.1 Å². The molecular formula is C14H11Cl3N4O4S2. The van der Waals surface area contributed by atoms with Crippen LogP contribution in [-0.4, -0.2) is 44.6 Å². The van der Waals surface area contributed by atoms with E-state index in [9.17, 15) is 19.8 Å². The van der Waals surface area contributed by atoms with Gasteiger partial charge >= 0.3 is 0 Å². The Balaban J connectivity index is 2.03. The van der Waals surface area contributed by atoms with Crippen LogP contribution in [0.25, 0.3) is 0 Å². The van der Waals surface area contributed by atoms with E-state index in [1.165, 1.54) is 32.7 Å². The summed E-state index contributed by atoms with van der Waals surface area (Å²) in [5.41, 5.74) is -1.97. The lowest BCUT2D eigenvalue weighted by Crippen LogP contribution is -2.36. The fourth-order valence-electron chi connectivity index (χ4n) is 3.13. The van der Waals surface area contributed by atoms with E-state index in [1.54, 1.807) is 0 Å². The van der Waals surface area contributed by atoms with Crippen molar-refractivity contribution in [2.75, 3.05) is 11.5 Å². The van der Waals surface area contributed by atoms with Gasteiger partial charge in [-0.15, -0.1) is 0 Å². The monoisotopic (exact) mass is 468 g/mol. The standard InChI is InChI=1S/C14H11Cl3N4O4S2/c15-14(16,17)7(5-8(22)18-12-20(10(5)24)1-3-26-12)6-9(23)19-13-21(11(6)25)2-4-27-13/h7,22-23H,1-4H2. The molecule has 0 radical (unpaired) electrons. The lowest BCUT2D eigenvalue weighted by Gasteiger charge is -2.25. The first kappa shape index (κ1) is 19.3. The average molecular weight is 470 g/mol. The van der Waals surface area contributed by atoms with Crippen molar-refractivity contribution in [3.05, 3.63) is 31.8 Å². The molecule has 144 valence electrons. The van der Waals surface area contributed by atoms with Gasteiger partial charge in [0.2, 0.25) is 15.6 Å². The molecule has 2 aliphatic heterocycles. The van der Waals surface area contributed by atoms with Crippen LogP contribution in [-0.2, 0) is 13.1 Å². The summed E-state index contributed by atoms with van der Waals surface area (Å²) in [7, 11) is 0. The summed E-state index contributed by atoms with van der Waals surface area (Å²) < 4.78 is 0.459. The van der Waals surface area contributed by atoms with Crippen LogP contribution in [0.2, 0.25) is 0 Å². The number of thioether (sulfide) groups is 2. The summed E-state index contributed by atoms with van der Waals surface area (Å²) in [5.74, 6) is -1.62. The van der Waals surface area contributed by atoms with Crippen LogP contribution in [0.3, 0.4) is 0 Å². The van der Waals surface area contributed by atoms with Gasteiger partial charge in [0.25, 0.3) is 11.1 Å². The summed E-state index contributed by atoms with van der Waals surface area (Å²) in [5, 5.41) is 21.5. The smallest absolute Gasteiger partial charge is 0.262 e. The van der Waals surface area contributed by atoms with Gasteiger partial charge in [0.15, 0.2) is 10.3 Å². The molecule has 2 aromatic rings. The van der Waals surface area contributed by atoms with Crippen molar-refractivity contribution in [3.8, 4) is 11.8 Å². The van der Waals surface area contributed by atoms with Crippen LogP contribution >= 0.6 is 58.3 Å². The predicted octanol–water partition coefficient (Wildman–Crippen LogP) is 1.92. The molecular weight excluding hydrogens is 459 g/mol. The maximum Gasteiger partial charge on any atom is 0.262 e. The molecule has 0 spiro atoms. The number of halogens is 3. The van der Waals surface area contributed by atoms with Crippen molar-refractivity contribution in [2.45, 2.75) is 33.1 Å². The molecule has 0 saturated carbocycles. The maximum atomic E-state index is 13.0. The molecule has 4 heterocycles. The first-order valence-electron chi connectivity index (χ1n) is 7.70. The lowest BCUT2D eigenvalue weighted by molar-refractivity contribution is 0.409. The van der Waals surface area contributed by atoms with Crippen LogP contribution < -0.4 is 11.1 Å². The molecule has 13 heteroatoms. The minimum absolute atomic E-state index is 0.341. The molecule has 0 aromatic carbocycles. The van der Waals surface area contributed by atoms with Crippen LogP contribution in [0.5, 0.6) is 11.8 Å². The fourth-order valence-corrected chi connectivity index (χ4v) is 5.66. The van der Waals surface area contributed by atoms with Gasteiger partial charge in [-0.2, -0.15) is 9.97 Å². The van der Waals surface area contributed by atoms with Gasteiger partial charge in [0.05, 0.1) is 17.0 Å². The number of fused-ring (bicyclic) bond motifs is 2. The van der Waals surface area contributed by atoms with E-state index >= 15 is 0 Å². The number of aromatic hydroxyl groups is 2. The molecule has 0 atom stereocenters. The van der Waals surface area contributed by atoms with E-state index in [2.05, 4.69) is 9.97 Å². The summed E-state index contributed by atoms with van der Waals surface area (Å²) in [4.78, 5) is 33.9. The van der Waals surface area contributed by atoms with Crippen molar-refractivity contribution >= 4 is 58.3 Å². The number of hydrogen-bond donors (Lipinski definition) is 2. The van der Waals surface area contributed by atoms with Crippen LogP contribution in [0.4, 0.5) is 0 Å². The molecule has 8 nitrogen and oxygen atoms in total. The Morgan fingerprint density at radius 3 is 1.67 bits per heavy atom. The third kappa shape index (κ3) is 3.11. The van der Waals surface area contributed by atoms with Gasteiger partial charge < -0.3 is 10.2 Å². The van der Waals surface area contributed by atoms with E-state index < -0.39 is 32.6 Å². The largest absolute Gasteiger partial charge is 0.493 e. The summed E-state index contributed by atoms with van der Waals surface area (Å²) in [6, 6.07) is 0. The normalized spacial score (nSPS) is 16.0. The van der Waals surface area contributed by atoms with Crippen molar-refractivity contribution in [1.29, 1.82) is 0 Å². The molecule has 4 rings (SSSR count). The minimum Gasteiger partial charge on any atom is -0.493 e. The molecule has 2 aromatic heterocycles. The molecule has 0 aliphatic carbocycles. The second kappa shape index (κ2) is 6.77. The fraction of sp³-hybridized carbons (Fsp3) is 0.429. The first-order chi connectivity index (χ1) is 12.7. The Morgan fingerprint density at radius 1 is 0.889 bits per heavy atom. The number of alkyl halides is 3. The van der Waals surface area contributed by atoms with E-state index in [0.717, 1.165) is 0 Å². The van der Waals surface area contributed by atoms with Crippen molar-refractivity contribution in [1.82, 2.24) is 19.1 Å². The number of rotatable bonds is 2. The Bertz CT molecular complexity index is 989. The molecule has 0 bridgehead atoms. The highest BCUT2D eigenvalue weighted by Crippen LogP contribution is 2.48. The van der Waals surface area contributed by atoms with Gasteiger partial charge in [0.1, 0.15) is 0 Å². The highest BCUT2D eigenvalue weighted by Gasteiger charge is 2.44. The molecule has 0 amide bonds. The molecule has 0 fully saturated rings. The third-order valence-corrected chi connectivity index (χ3v) is 6.86. The molecule has 0 saturated heterocycles. The predicted molar refractivity (Wildman–Crippen MR) is 104 cm³/mol. The highest BCUT2D eigenvalue weighted by molar-refractivity contribution is 7.99. The molecule has 2 N–H and O–H groups in total. The van der Waals surface area contributed by atoms with E-state index in [1.807, 2.05) is 0 Å². The first-order valence-corrected chi connectivity index (χ1v) is 10.8. The second-order valence-corrected chi connectivity index (χ2v) is 10.3. The zero-order valence-corrected chi connectivity index (χ0v) is 17.3. The molecule has 2 aliphatic rings. The second-order valence-electron chi connectivity index (χ2n) is 5.85. The average Bonchev–Trinajstić information content (AvgIpc) is 3.21. The van der Waals surface area contributed by atoms with Crippen molar-refractivity contribution in [2.24, 2.45) is 0 Å². The Morgan fingerprint density at radius 2 is 1.30 bits per heavy atom. The van der Waals surface area contributed by atoms with E-state index in [0.29, 0.717) is 34.9 Å². The molecule has 27 heavy (non-hydrogen) atoms.